The highest BCUT2D eigenvalue weighted by Crippen LogP contribution is 2.30. The van der Waals surface area contributed by atoms with Crippen molar-refractivity contribution in [3.63, 3.8) is 0 Å². The lowest BCUT2D eigenvalue weighted by atomic mass is 10.1. The van der Waals surface area contributed by atoms with Crippen molar-refractivity contribution in [1.82, 2.24) is 0 Å². The topological polar surface area (TPSA) is 73.9 Å². The summed E-state index contributed by atoms with van der Waals surface area (Å²) in [6.07, 6.45) is 2.66. The van der Waals surface area contributed by atoms with Gasteiger partial charge in [0, 0.05) is 6.08 Å². The Bertz CT molecular complexity index is 902. The maximum Gasteiger partial charge on any atom is 0.387 e. The van der Waals surface area contributed by atoms with Crippen molar-refractivity contribution in [2.75, 3.05) is 19.5 Å². The zero-order valence-corrected chi connectivity index (χ0v) is 15.6. The Balaban J connectivity index is 2.13. The molecule has 0 atom stereocenters. The molecule has 6 nitrogen and oxygen atoms in total. The van der Waals surface area contributed by atoms with Gasteiger partial charge in [0.1, 0.15) is 0 Å². The number of carbonyl (C=O) groups is 2. The first kappa shape index (κ1) is 21.2. The maximum atomic E-state index is 12.3. The molecule has 0 aliphatic heterocycles. The van der Waals surface area contributed by atoms with Crippen LogP contribution in [0.15, 0.2) is 42.5 Å². The van der Waals surface area contributed by atoms with Gasteiger partial charge in [-0.25, -0.2) is 4.79 Å². The van der Waals surface area contributed by atoms with Crippen LogP contribution < -0.4 is 14.8 Å². The number of benzene rings is 2. The molecule has 0 aromatic heterocycles. The number of alkyl halides is 2. The van der Waals surface area contributed by atoms with E-state index in [4.69, 9.17) is 16.3 Å². The molecule has 0 saturated heterocycles. The van der Waals surface area contributed by atoms with E-state index >= 15 is 0 Å². The fraction of sp³-hybridized carbons (Fsp3) is 0.158. The lowest BCUT2D eigenvalue weighted by Gasteiger charge is -2.10. The Kier molecular flexibility index (Phi) is 7.34. The number of hydrogen-bond acceptors (Lipinski definition) is 5. The number of esters is 1. The van der Waals surface area contributed by atoms with E-state index in [1.54, 1.807) is 0 Å². The van der Waals surface area contributed by atoms with Gasteiger partial charge in [0.15, 0.2) is 11.5 Å². The van der Waals surface area contributed by atoms with Crippen LogP contribution >= 0.6 is 11.6 Å². The largest absolute Gasteiger partial charge is 0.493 e. The molecule has 28 heavy (non-hydrogen) atoms. The van der Waals surface area contributed by atoms with Crippen LogP contribution in [0.5, 0.6) is 11.5 Å². The molecule has 1 N–H and O–H groups in total. The quantitative estimate of drug-likeness (QED) is 0.540. The first-order valence-electron chi connectivity index (χ1n) is 7.83. The van der Waals surface area contributed by atoms with Gasteiger partial charge >= 0.3 is 12.6 Å². The molecule has 1 amide bonds. The molecule has 0 saturated carbocycles. The summed E-state index contributed by atoms with van der Waals surface area (Å²) in [7, 11) is 2.55. The third-order valence-corrected chi connectivity index (χ3v) is 3.81. The maximum absolute atomic E-state index is 12.3. The SMILES string of the molecule is COC(=O)c1ccc(Cl)c(NC(=O)/C=C/c2ccc(OC(F)F)c(OC)c2)c1. The van der Waals surface area contributed by atoms with Gasteiger partial charge < -0.3 is 19.5 Å². The minimum absolute atomic E-state index is 0.0941. The van der Waals surface area contributed by atoms with Crippen LogP contribution in [0.1, 0.15) is 15.9 Å². The second kappa shape index (κ2) is 9.70. The van der Waals surface area contributed by atoms with Gasteiger partial charge in [-0.15, -0.1) is 0 Å². The highest BCUT2D eigenvalue weighted by atomic mass is 35.5. The highest BCUT2D eigenvalue weighted by molar-refractivity contribution is 6.34. The summed E-state index contributed by atoms with van der Waals surface area (Å²) in [5, 5.41) is 2.79. The van der Waals surface area contributed by atoms with Crippen LogP contribution in [0.2, 0.25) is 5.02 Å². The van der Waals surface area contributed by atoms with Gasteiger partial charge in [-0.2, -0.15) is 8.78 Å². The van der Waals surface area contributed by atoms with Gasteiger partial charge in [0.2, 0.25) is 5.91 Å². The number of methoxy groups -OCH3 is 2. The van der Waals surface area contributed by atoms with E-state index in [1.165, 1.54) is 62.8 Å². The molecular formula is C19H16ClF2NO5. The van der Waals surface area contributed by atoms with Gasteiger partial charge in [-0.1, -0.05) is 17.7 Å². The molecule has 2 aromatic rings. The standard InChI is InChI=1S/C19H16ClF2NO5/c1-26-16-9-11(3-7-15(16)28-19(21)22)4-8-17(24)23-14-10-12(18(25)27-2)5-6-13(14)20/h3-10,19H,1-2H3,(H,23,24)/b8-4+. The number of nitrogens with one attached hydrogen (secondary N) is 1. The van der Waals surface area contributed by atoms with E-state index in [0.717, 1.165) is 0 Å². The summed E-state index contributed by atoms with van der Waals surface area (Å²) in [6.45, 7) is -2.98. The average Bonchev–Trinajstić information content (AvgIpc) is 2.67. The molecule has 0 unspecified atom stereocenters. The molecule has 0 heterocycles. The van der Waals surface area contributed by atoms with Crippen molar-refractivity contribution < 1.29 is 32.6 Å². The Morgan fingerprint density at radius 2 is 1.86 bits per heavy atom. The van der Waals surface area contributed by atoms with Crippen molar-refractivity contribution in [3.8, 4) is 11.5 Å². The highest BCUT2D eigenvalue weighted by Gasteiger charge is 2.12. The third kappa shape index (κ3) is 5.68. The number of carbonyl (C=O) groups excluding carboxylic acids is 2. The summed E-state index contributed by atoms with van der Waals surface area (Å²) in [5.41, 5.74) is 0.978. The minimum Gasteiger partial charge on any atom is -0.493 e. The zero-order valence-electron chi connectivity index (χ0n) is 14.9. The third-order valence-electron chi connectivity index (χ3n) is 3.48. The summed E-state index contributed by atoms with van der Waals surface area (Å²) in [4.78, 5) is 23.7. The fourth-order valence-electron chi connectivity index (χ4n) is 2.19. The predicted molar refractivity (Wildman–Crippen MR) is 100 cm³/mol. The summed E-state index contributed by atoms with van der Waals surface area (Å²) in [5.74, 6) is -1.11. The van der Waals surface area contributed by atoms with E-state index in [2.05, 4.69) is 14.8 Å². The van der Waals surface area contributed by atoms with E-state index in [-0.39, 0.29) is 27.8 Å². The lowest BCUT2D eigenvalue weighted by Crippen LogP contribution is -2.10. The number of ether oxygens (including phenoxy) is 3. The number of rotatable bonds is 7. The van der Waals surface area contributed by atoms with E-state index in [1.807, 2.05) is 0 Å². The predicted octanol–water partition coefficient (Wildman–Crippen LogP) is 4.39. The normalized spacial score (nSPS) is 10.8. The molecule has 0 bridgehead atoms. The van der Waals surface area contributed by atoms with Crippen LogP contribution in [-0.4, -0.2) is 32.7 Å². The Morgan fingerprint density at radius 1 is 1.11 bits per heavy atom. The second-order valence-corrected chi connectivity index (χ2v) is 5.70. The van der Waals surface area contributed by atoms with Gasteiger partial charge in [-0.3, -0.25) is 4.79 Å². The average molecular weight is 412 g/mol. The van der Waals surface area contributed by atoms with Crippen LogP contribution in [0.3, 0.4) is 0 Å². The fourth-order valence-corrected chi connectivity index (χ4v) is 2.36. The minimum atomic E-state index is -2.98. The monoisotopic (exact) mass is 411 g/mol. The van der Waals surface area contributed by atoms with Crippen molar-refractivity contribution in [2.45, 2.75) is 6.61 Å². The first-order valence-corrected chi connectivity index (χ1v) is 8.21. The second-order valence-electron chi connectivity index (χ2n) is 5.30. The number of anilines is 1. The van der Waals surface area contributed by atoms with E-state index in [9.17, 15) is 18.4 Å². The van der Waals surface area contributed by atoms with Gasteiger partial charge in [0.25, 0.3) is 0 Å². The molecule has 148 valence electrons. The molecule has 0 aliphatic rings. The van der Waals surface area contributed by atoms with E-state index < -0.39 is 18.5 Å². The van der Waals surface area contributed by atoms with Crippen LogP contribution in [0.4, 0.5) is 14.5 Å². The number of hydrogen-bond donors (Lipinski definition) is 1. The lowest BCUT2D eigenvalue weighted by molar-refractivity contribution is -0.111. The Labute approximate surface area is 164 Å². The van der Waals surface area contributed by atoms with Crippen molar-refractivity contribution in [2.24, 2.45) is 0 Å². The van der Waals surface area contributed by atoms with Crippen molar-refractivity contribution in [1.29, 1.82) is 0 Å². The molecule has 2 rings (SSSR count). The van der Waals surface area contributed by atoms with Gasteiger partial charge in [-0.05, 0) is 42.0 Å². The zero-order chi connectivity index (χ0) is 20.7. The molecule has 0 spiro atoms. The molecular weight excluding hydrogens is 396 g/mol. The summed E-state index contributed by atoms with van der Waals surface area (Å²) >= 11 is 6.02. The summed E-state index contributed by atoms with van der Waals surface area (Å²) < 4.78 is 38.6. The van der Waals surface area contributed by atoms with Crippen LogP contribution in [0, 0.1) is 0 Å². The Morgan fingerprint density at radius 3 is 2.50 bits per heavy atom. The van der Waals surface area contributed by atoms with Gasteiger partial charge in [0.05, 0.1) is 30.5 Å². The van der Waals surface area contributed by atoms with E-state index in [0.29, 0.717) is 5.56 Å². The molecule has 2 aromatic carbocycles. The van der Waals surface area contributed by atoms with Crippen molar-refractivity contribution in [3.05, 3.63) is 58.6 Å². The Hall–Kier alpha value is -3.13. The van der Waals surface area contributed by atoms with Crippen LogP contribution in [0.25, 0.3) is 6.08 Å². The number of amides is 1. The molecule has 0 fully saturated rings. The molecule has 0 aliphatic carbocycles. The molecule has 0 radical (unpaired) electrons. The van der Waals surface area contributed by atoms with Crippen molar-refractivity contribution >= 4 is 35.2 Å². The smallest absolute Gasteiger partial charge is 0.387 e. The van der Waals surface area contributed by atoms with Crippen LogP contribution in [-0.2, 0) is 9.53 Å². The molecule has 9 heteroatoms. The number of halogens is 3. The summed E-state index contributed by atoms with van der Waals surface area (Å²) in [6, 6.07) is 8.54. The first-order chi connectivity index (χ1) is 13.3.